The highest BCUT2D eigenvalue weighted by Gasteiger charge is 2.36. The van der Waals surface area contributed by atoms with Gasteiger partial charge in [-0.1, -0.05) is 38.5 Å². The van der Waals surface area contributed by atoms with E-state index in [1.54, 1.807) is 4.90 Å². The van der Waals surface area contributed by atoms with Gasteiger partial charge in [-0.2, -0.15) is 0 Å². The molecule has 1 aromatic carbocycles. The minimum atomic E-state index is -0.631. The Morgan fingerprint density at radius 2 is 1.87 bits per heavy atom. The molecule has 2 rings (SSSR count). The summed E-state index contributed by atoms with van der Waals surface area (Å²) in [7, 11) is 0. The standard InChI is InChI=1S/C17H25N3O2.ClH/c1-11-5-7-12(8-6-11)20-10-9-13(16(20)22)19-15(21)14(18)17(2,3)4;/h5-8,13-14H,9-10,18H2,1-4H3,(H,19,21);1H/t13?,14-;/m1./s1. The van der Waals surface area contributed by atoms with Gasteiger partial charge in [-0.05, 0) is 30.9 Å². The molecule has 3 N–H and O–H groups in total. The monoisotopic (exact) mass is 339 g/mol. The lowest BCUT2D eigenvalue weighted by molar-refractivity contribution is -0.128. The van der Waals surface area contributed by atoms with Crippen LogP contribution < -0.4 is 16.0 Å². The van der Waals surface area contributed by atoms with Crippen molar-refractivity contribution in [3.05, 3.63) is 29.8 Å². The van der Waals surface area contributed by atoms with Gasteiger partial charge in [0.15, 0.2) is 0 Å². The van der Waals surface area contributed by atoms with Crippen LogP contribution in [0.15, 0.2) is 24.3 Å². The number of nitrogens with two attached hydrogens (primary N) is 1. The fourth-order valence-corrected chi connectivity index (χ4v) is 2.45. The number of hydrogen-bond donors (Lipinski definition) is 2. The van der Waals surface area contributed by atoms with Crippen LogP contribution in [0.5, 0.6) is 0 Å². The smallest absolute Gasteiger partial charge is 0.249 e. The molecule has 6 heteroatoms. The van der Waals surface area contributed by atoms with E-state index in [0.717, 1.165) is 11.3 Å². The van der Waals surface area contributed by atoms with E-state index >= 15 is 0 Å². The van der Waals surface area contributed by atoms with Gasteiger partial charge in [0.05, 0.1) is 6.04 Å². The van der Waals surface area contributed by atoms with E-state index < -0.39 is 12.1 Å². The number of aryl methyl sites for hydroxylation is 1. The first kappa shape index (κ1) is 19.5. The van der Waals surface area contributed by atoms with Crippen LogP contribution in [0.2, 0.25) is 0 Å². The molecule has 1 saturated heterocycles. The second-order valence-corrected chi connectivity index (χ2v) is 7.02. The highest BCUT2D eigenvalue weighted by atomic mass is 35.5. The van der Waals surface area contributed by atoms with E-state index in [2.05, 4.69) is 5.32 Å². The lowest BCUT2D eigenvalue weighted by Crippen LogP contribution is -2.53. The normalized spacial score (nSPS) is 19.3. The lowest BCUT2D eigenvalue weighted by Gasteiger charge is -2.27. The van der Waals surface area contributed by atoms with Gasteiger partial charge in [-0.15, -0.1) is 12.4 Å². The molecule has 1 unspecified atom stereocenters. The molecule has 1 aliphatic heterocycles. The van der Waals surface area contributed by atoms with Crippen molar-refractivity contribution in [3.8, 4) is 0 Å². The molecule has 1 fully saturated rings. The van der Waals surface area contributed by atoms with Crippen molar-refractivity contribution in [2.75, 3.05) is 11.4 Å². The summed E-state index contributed by atoms with van der Waals surface area (Å²) in [5, 5.41) is 2.79. The molecule has 128 valence electrons. The van der Waals surface area contributed by atoms with Gasteiger partial charge in [-0.3, -0.25) is 9.59 Å². The Morgan fingerprint density at radius 3 is 2.39 bits per heavy atom. The zero-order chi connectivity index (χ0) is 16.5. The first-order valence-corrected chi connectivity index (χ1v) is 7.64. The van der Waals surface area contributed by atoms with Crippen LogP contribution in [0.4, 0.5) is 5.69 Å². The van der Waals surface area contributed by atoms with Gasteiger partial charge in [0, 0.05) is 12.2 Å². The van der Waals surface area contributed by atoms with E-state index in [0.29, 0.717) is 13.0 Å². The Morgan fingerprint density at radius 1 is 1.30 bits per heavy atom. The third-order valence-electron chi connectivity index (χ3n) is 4.08. The van der Waals surface area contributed by atoms with Crippen LogP contribution in [-0.4, -0.2) is 30.4 Å². The zero-order valence-electron chi connectivity index (χ0n) is 14.1. The van der Waals surface area contributed by atoms with Crippen molar-refractivity contribution in [3.63, 3.8) is 0 Å². The molecule has 0 radical (unpaired) electrons. The predicted octanol–water partition coefficient (Wildman–Crippen LogP) is 2.01. The second-order valence-electron chi connectivity index (χ2n) is 7.02. The maximum absolute atomic E-state index is 12.5. The van der Waals surface area contributed by atoms with Gasteiger partial charge >= 0.3 is 0 Å². The minimum absolute atomic E-state index is 0. The Hall–Kier alpha value is -1.59. The van der Waals surface area contributed by atoms with Gasteiger partial charge in [0.1, 0.15) is 6.04 Å². The van der Waals surface area contributed by atoms with Gasteiger partial charge in [0.2, 0.25) is 11.8 Å². The summed E-state index contributed by atoms with van der Waals surface area (Å²) in [5.74, 6) is -0.338. The zero-order valence-corrected chi connectivity index (χ0v) is 14.9. The molecule has 1 aromatic rings. The Bertz CT molecular complexity index is 566. The number of rotatable bonds is 3. The average molecular weight is 340 g/mol. The molecular weight excluding hydrogens is 314 g/mol. The van der Waals surface area contributed by atoms with Crippen LogP contribution in [0.3, 0.4) is 0 Å². The Labute approximate surface area is 144 Å². The molecule has 1 aliphatic rings. The molecule has 23 heavy (non-hydrogen) atoms. The number of anilines is 1. The second kappa shape index (κ2) is 7.32. The predicted molar refractivity (Wildman–Crippen MR) is 94.8 cm³/mol. The number of amides is 2. The van der Waals surface area contributed by atoms with Crippen molar-refractivity contribution in [2.24, 2.45) is 11.1 Å². The Balaban J connectivity index is 0.00000264. The van der Waals surface area contributed by atoms with Crippen LogP contribution >= 0.6 is 12.4 Å². The third-order valence-corrected chi connectivity index (χ3v) is 4.08. The van der Waals surface area contributed by atoms with Crippen LogP contribution in [0, 0.1) is 12.3 Å². The van der Waals surface area contributed by atoms with Gasteiger partial charge in [0.25, 0.3) is 0 Å². The van der Waals surface area contributed by atoms with E-state index in [9.17, 15) is 9.59 Å². The molecule has 2 amide bonds. The third kappa shape index (κ3) is 4.45. The first-order chi connectivity index (χ1) is 10.2. The molecule has 0 saturated carbocycles. The number of carbonyl (C=O) groups excluding carboxylic acids is 2. The minimum Gasteiger partial charge on any atom is -0.343 e. The molecule has 1 heterocycles. The summed E-state index contributed by atoms with van der Waals surface area (Å²) < 4.78 is 0. The number of halogens is 1. The van der Waals surface area contributed by atoms with Crippen LogP contribution in [0.1, 0.15) is 32.8 Å². The number of carbonyl (C=O) groups is 2. The molecular formula is C17H26ClN3O2. The number of nitrogens with one attached hydrogen (secondary N) is 1. The van der Waals surface area contributed by atoms with Crippen molar-refractivity contribution < 1.29 is 9.59 Å². The van der Waals surface area contributed by atoms with Gasteiger partial charge in [-0.25, -0.2) is 0 Å². The maximum atomic E-state index is 12.5. The fourth-order valence-electron chi connectivity index (χ4n) is 2.45. The Kier molecular flexibility index (Phi) is 6.19. The topological polar surface area (TPSA) is 75.4 Å². The van der Waals surface area contributed by atoms with Crippen molar-refractivity contribution >= 4 is 29.9 Å². The maximum Gasteiger partial charge on any atom is 0.249 e. The first-order valence-electron chi connectivity index (χ1n) is 7.64. The molecule has 0 bridgehead atoms. The summed E-state index contributed by atoms with van der Waals surface area (Å²) >= 11 is 0. The van der Waals surface area contributed by atoms with E-state index in [-0.39, 0.29) is 29.6 Å². The number of hydrogen-bond acceptors (Lipinski definition) is 3. The van der Waals surface area contributed by atoms with Gasteiger partial charge < -0.3 is 16.0 Å². The molecule has 0 spiro atoms. The van der Waals surface area contributed by atoms with Crippen molar-refractivity contribution in [1.82, 2.24) is 5.32 Å². The summed E-state index contributed by atoms with van der Waals surface area (Å²) in [6.07, 6.45) is 0.606. The highest BCUT2D eigenvalue weighted by molar-refractivity contribution is 6.01. The summed E-state index contributed by atoms with van der Waals surface area (Å²) in [6, 6.07) is 6.70. The molecule has 0 aliphatic carbocycles. The van der Waals surface area contributed by atoms with Crippen LogP contribution in [0.25, 0.3) is 0 Å². The SMILES string of the molecule is Cc1ccc(N2CCC(NC(=O)[C@@H](N)C(C)(C)C)C2=O)cc1.Cl. The van der Waals surface area contributed by atoms with E-state index in [1.165, 1.54) is 0 Å². The lowest BCUT2D eigenvalue weighted by atomic mass is 9.87. The largest absolute Gasteiger partial charge is 0.343 e. The highest BCUT2D eigenvalue weighted by Crippen LogP contribution is 2.23. The summed E-state index contributed by atoms with van der Waals surface area (Å²) in [4.78, 5) is 26.4. The number of benzene rings is 1. The van der Waals surface area contributed by atoms with Crippen molar-refractivity contribution in [2.45, 2.75) is 46.2 Å². The van der Waals surface area contributed by atoms with Crippen molar-refractivity contribution in [1.29, 1.82) is 0 Å². The van der Waals surface area contributed by atoms with Crippen LogP contribution in [-0.2, 0) is 9.59 Å². The molecule has 5 nitrogen and oxygen atoms in total. The summed E-state index contributed by atoms with van der Waals surface area (Å²) in [6.45, 7) is 8.34. The van der Waals surface area contributed by atoms with E-state index in [1.807, 2.05) is 52.0 Å². The molecule has 0 aromatic heterocycles. The fraction of sp³-hybridized carbons (Fsp3) is 0.529. The number of nitrogens with zero attached hydrogens (tertiary/aromatic N) is 1. The van der Waals surface area contributed by atoms with E-state index in [4.69, 9.17) is 5.73 Å². The average Bonchev–Trinajstić information content (AvgIpc) is 2.79. The molecule has 2 atom stereocenters. The quantitative estimate of drug-likeness (QED) is 0.884. The summed E-state index contributed by atoms with van der Waals surface area (Å²) in [5.41, 5.74) is 7.63.